The lowest BCUT2D eigenvalue weighted by Crippen LogP contribution is -2.38. The largest absolute Gasteiger partial charge is 0.497 e. The first kappa shape index (κ1) is 30.7. The van der Waals surface area contributed by atoms with Gasteiger partial charge in [0.05, 0.1) is 51.8 Å². The Hall–Kier alpha value is -4.74. The highest BCUT2D eigenvalue weighted by Crippen LogP contribution is 2.50. The third-order valence-corrected chi connectivity index (χ3v) is 9.27. The van der Waals surface area contributed by atoms with Gasteiger partial charge in [-0.05, 0) is 31.0 Å². The zero-order chi connectivity index (χ0) is 31.4. The normalized spacial score (nSPS) is 16.3. The zero-order valence-corrected chi connectivity index (χ0v) is 26.1. The van der Waals surface area contributed by atoms with Crippen molar-refractivity contribution in [2.75, 3.05) is 44.4 Å². The molecular weight excluding hydrogens is 605 g/mol. The number of anilines is 2. The molecule has 228 valence electrons. The van der Waals surface area contributed by atoms with Gasteiger partial charge in [-0.3, -0.25) is 14.5 Å². The third kappa shape index (κ3) is 5.88. The Morgan fingerprint density at radius 1 is 1.09 bits per heavy atom. The number of nitriles is 1. The van der Waals surface area contributed by atoms with Gasteiger partial charge in [-0.25, -0.2) is 0 Å². The number of rotatable bonds is 10. The summed E-state index contributed by atoms with van der Waals surface area (Å²) in [5.41, 5.74) is 9.16. The number of nitrogens with one attached hydrogen (secondary N) is 1. The van der Waals surface area contributed by atoms with E-state index < -0.39 is 5.92 Å². The number of carbonyl (C=O) groups excluding carboxylic acids is 2. The third-order valence-electron chi connectivity index (χ3n) is 7.23. The Morgan fingerprint density at radius 2 is 1.84 bits per heavy atom. The molecule has 14 heteroatoms. The summed E-state index contributed by atoms with van der Waals surface area (Å²) < 4.78 is 22.4. The van der Waals surface area contributed by atoms with Gasteiger partial charge in [0.1, 0.15) is 17.3 Å². The van der Waals surface area contributed by atoms with E-state index in [0.29, 0.717) is 74.3 Å². The first-order valence-electron chi connectivity index (χ1n) is 13.5. The molecule has 12 nitrogen and oxygen atoms in total. The molecule has 0 saturated carbocycles. The summed E-state index contributed by atoms with van der Waals surface area (Å²) in [5, 5.41) is 22.2. The van der Waals surface area contributed by atoms with Crippen LogP contribution in [0.1, 0.15) is 30.7 Å². The first-order chi connectivity index (χ1) is 21.3. The van der Waals surface area contributed by atoms with Crippen LogP contribution < -0.4 is 34.9 Å². The van der Waals surface area contributed by atoms with Crippen LogP contribution in [0.5, 0.6) is 23.0 Å². The average molecular weight is 635 g/mol. The van der Waals surface area contributed by atoms with Crippen LogP contribution in [-0.2, 0) is 9.59 Å². The minimum atomic E-state index is -0.782. The fraction of sp³-hybridized carbons (Fsp3) is 0.300. The van der Waals surface area contributed by atoms with Crippen LogP contribution in [-0.4, -0.2) is 56.1 Å². The highest BCUT2D eigenvalue weighted by atomic mass is 32.2. The molecule has 1 amide bonds. The second kappa shape index (κ2) is 13.3. The summed E-state index contributed by atoms with van der Waals surface area (Å²) in [7, 11) is 6.09. The van der Waals surface area contributed by atoms with Crippen LogP contribution in [0.25, 0.3) is 0 Å². The van der Waals surface area contributed by atoms with Gasteiger partial charge in [-0.15, -0.1) is 10.2 Å². The Balaban J connectivity index is 1.47. The van der Waals surface area contributed by atoms with Crippen LogP contribution >= 0.6 is 23.1 Å². The molecular formula is C30H30N6O6S2. The number of carbonyl (C=O) groups is 2. The number of Topliss-reactive ketones (excluding diaryl/α,β-unsaturated/α-hetero) is 1. The predicted octanol–water partition coefficient (Wildman–Crippen LogP) is 4.61. The number of benzene rings is 2. The molecule has 1 unspecified atom stereocenters. The van der Waals surface area contributed by atoms with Crippen molar-refractivity contribution in [3.8, 4) is 29.1 Å². The number of ketones is 1. The number of hydrogen-bond acceptors (Lipinski definition) is 13. The molecule has 1 aromatic heterocycles. The Bertz CT molecular complexity index is 1710. The molecule has 0 radical (unpaired) electrons. The quantitative estimate of drug-likeness (QED) is 0.298. The van der Waals surface area contributed by atoms with Gasteiger partial charge in [0.15, 0.2) is 21.6 Å². The number of thioether (sulfide) groups is 1. The summed E-state index contributed by atoms with van der Waals surface area (Å²) >= 11 is 2.44. The molecule has 2 aromatic carbocycles. The molecule has 2 aliphatic rings. The summed E-state index contributed by atoms with van der Waals surface area (Å²) in [4.78, 5) is 27.8. The van der Waals surface area contributed by atoms with E-state index in [1.807, 2.05) is 0 Å². The molecule has 0 spiro atoms. The van der Waals surface area contributed by atoms with Crippen LogP contribution in [0.3, 0.4) is 0 Å². The van der Waals surface area contributed by atoms with Crippen molar-refractivity contribution in [3.05, 3.63) is 64.6 Å². The monoisotopic (exact) mass is 634 g/mol. The molecule has 44 heavy (non-hydrogen) atoms. The fourth-order valence-corrected chi connectivity index (χ4v) is 6.95. The van der Waals surface area contributed by atoms with Crippen molar-refractivity contribution >= 4 is 45.6 Å². The van der Waals surface area contributed by atoms with E-state index in [1.54, 1.807) is 48.4 Å². The van der Waals surface area contributed by atoms with Crippen molar-refractivity contribution in [2.45, 2.75) is 29.5 Å². The molecule has 2 heterocycles. The van der Waals surface area contributed by atoms with Crippen molar-refractivity contribution in [3.63, 3.8) is 0 Å². The maximum absolute atomic E-state index is 13.6. The van der Waals surface area contributed by atoms with Crippen molar-refractivity contribution in [1.29, 1.82) is 5.26 Å². The Morgan fingerprint density at radius 3 is 2.55 bits per heavy atom. The van der Waals surface area contributed by atoms with E-state index in [9.17, 15) is 14.9 Å². The van der Waals surface area contributed by atoms with Gasteiger partial charge in [0.2, 0.25) is 11.0 Å². The lowest BCUT2D eigenvalue weighted by Gasteiger charge is -2.38. The van der Waals surface area contributed by atoms with Gasteiger partial charge in [-0.2, -0.15) is 5.26 Å². The molecule has 5 rings (SSSR count). The number of nitrogens with zero attached hydrogens (tertiary/aromatic N) is 4. The number of ether oxygens (including phenoxy) is 4. The second-order valence-electron chi connectivity index (χ2n) is 9.68. The summed E-state index contributed by atoms with van der Waals surface area (Å²) in [6.07, 6.45) is 1.48. The number of allylic oxidation sites excluding steroid dienone is 3. The molecule has 1 aliphatic carbocycles. The number of methoxy groups -OCH3 is 4. The second-order valence-corrected chi connectivity index (χ2v) is 11.9. The molecule has 0 bridgehead atoms. The van der Waals surface area contributed by atoms with Crippen LogP contribution in [0.2, 0.25) is 0 Å². The Kier molecular flexibility index (Phi) is 9.26. The first-order valence-corrected chi connectivity index (χ1v) is 15.3. The number of hydrogen-bond donors (Lipinski definition) is 2. The van der Waals surface area contributed by atoms with E-state index >= 15 is 0 Å². The van der Waals surface area contributed by atoms with E-state index in [4.69, 9.17) is 24.7 Å². The lowest BCUT2D eigenvalue weighted by atomic mass is 9.75. The molecule has 3 N–H and O–H groups in total. The number of nitrogens with two attached hydrogens (primary N) is 1. The number of aromatic nitrogens is 2. The Labute approximate surface area is 262 Å². The maximum atomic E-state index is 13.6. The van der Waals surface area contributed by atoms with Gasteiger partial charge in [0.25, 0.3) is 0 Å². The highest BCUT2D eigenvalue weighted by molar-refractivity contribution is 8.01. The standard InChI is InChI=1S/C30H30N6O6S2/c1-39-17-8-5-7-16(11-17)33-25(38)15-43-30-35-34-29(44-30)36-20-9-6-10-21(37)27(20)26(19(14-31)28(36)32)18-12-23(41-3)24(42-4)13-22(18)40-2/h5,7-8,11-13,26H,6,9-10,15,32H2,1-4H3,(H,33,38). The van der Waals surface area contributed by atoms with E-state index in [2.05, 4.69) is 21.6 Å². The van der Waals surface area contributed by atoms with Gasteiger partial charge in [-0.1, -0.05) is 29.2 Å². The highest BCUT2D eigenvalue weighted by Gasteiger charge is 2.42. The maximum Gasteiger partial charge on any atom is 0.234 e. The topological polar surface area (TPSA) is 162 Å². The van der Waals surface area contributed by atoms with Crippen LogP contribution in [0.4, 0.5) is 10.8 Å². The van der Waals surface area contributed by atoms with E-state index in [1.165, 1.54) is 44.4 Å². The van der Waals surface area contributed by atoms with Crippen LogP contribution in [0, 0.1) is 11.3 Å². The van der Waals surface area contributed by atoms with Gasteiger partial charge < -0.3 is 30.0 Å². The zero-order valence-electron chi connectivity index (χ0n) is 24.5. The predicted molar refractivity (Wildman–Crippen MR) is 166 cm³/mol. The van der Waals surface area contributed by atoms with Crippen LogP contribution in [0.15, 0.2) is 63.4 Å². The molecule has 1 atom stereocenters. The summed E-state index contributed by atoms with van der Waals surface area (Å²) in [6.45, 7) is 0. The fourth-order valence-electron chi connectivity index (χ4n) is 5.27. The summed E-state index contributed by atoms with van der Waals surface area (Å²) in [5.74, 6) is 1.07. The minimum absolute atomic E-state index is 0.0911. The van der Waals surface area contributed by atoms with Crippen molar-refractivity contribution in [2.24, 2.45) is 5.73 Å². The SMILES string of the molecule is COc1cccc(NC(=O)CSc2nnc(N3C(N)=C(C#N)C(c4cc(OC)c(OC)cc4OC)C4=C3CCCC4=O)s2)c1. The van der Waals surface area contributed by atoms with Gasteiger partial charge in [0, 0.05) is 41.1 Å². The molecule has 0 fully saturated rings. The van der Waals surface area contributed by atoms with E-state index in [0.717, 1.165) is 0 Å². The lowest BCUT2D eigenvalue weighted by molar-refractivity contribution is -0.116. The summed E-state index contributed by atoms with van der Waals surface area (Å²) in [6, 6.07) is 12.7. The smallest absolute Gasteiger partial charge is 0.234 e. The molecule has 0 saturated heterocycles. The molecule has 3 aromatic rings. The molecule has 1 aliphatic heterocycles. The van der Waals surface area contributed by atoms with Gasteiger partial charge >= 0.3 is 0 Å². The average Bonchev–Trinajstić information content (AvgIpc) is 3.51. The number of amides is 1. The van der Waals surface area contributed by atoms with Crippen molar-refractivity contribution in [1.82, 2.24) is 10.2 Å². The minimum Gasteiger partial charge on any atom is -0.497 e. The van der Waals surface area contributed by atoms with Crippen molar-refractivity contribution < 1.29 is 28.5 Å². The van der Waals surface area contributed by atoms with E-state index in [-0.39, 0.29) is 28.8 Å².